The molecule has 1 aromatic carbocycles. The molecule has 102 valence electrons. The highest BCUT2D eigenvalue weighted by molar-refractivity contribution is 5.87. The van der Waals surface area contributed by atoms with Crippen LogP contribution < -0.4 is 0 Å². The maximum atomic E-state index is 13.9. The van der Waals surface area contributed by atoms with E-state index in [1.807, 2.05) is 6.07 Å². The first-order valence-corrected chi connectivity index (χ1v) is 6.85. The summed E-state index contributed by atoms with van der Waals surface area (Å²) in [7, 11) is 0. The number of aromatic nitrogens is 2. The Hall–Kier alpha value is -2.10. The molecular weight excluding hydrogens is 255 g/mol. The van der Waals surface area contributed by atoms with Gasteiger partial charge in [0.1, 0.15) is 5.82 Å². The molecule has 20 heavy (non-hydrogen) atoms. The highest BCUT2D eigenvalue weighted by Crippen LogP contribution is 2.51. The largest absolute Gasteiger partial charge is 0.461 e. The Balaban J connectivity index is 1.91. The van der Waals surface area contributed by atoms with E-state index in [-0.39, 0.29) is 11.2 Å². The van der Waals surface area contributed by atoms with Gasteiger partial charge in [0.2, 0.25) is 0 Å². The van der Waals surface area contributed by atoms with Crippen molar-refractivity contribution in [1.82, 2.24) is 9.97 Å². The summed E-state index contributed by atoms with van der Waals surface area (Å²) in [6.45, 7) is 2.21. The van der Waals surface area contributed by atoms with Crippen LogP contribution in [0.5, 0.6) is 0 Å². The van der Waals surface area contributed by atoms with Gasteiger partial charge in [0, 0.05) is 29.8 Å². The van der Waals surface area contributed by atoms with Gasteiger partial charge >= 0.3 is 0 Å². The predicted octanol–water partition coefficient (Wildman–Crippen LogP) is 3.94. The summed E-state index contributed by atoms with van der Waals surface area (Å²) in [6, 6.07) is 3.31. The summed E-state index contributed by atoms with van der Waals surface area (Å²) in [4.78, 5) is 7.35. The fraction of sp³-hybridized carbons (Fsp3) is 0.312. The Morgan fingerprint density at radius 2 is 2.25 bits per heavy atom. The second-order valence-electron chi connectivity index (χ2n) is 5.83. The molecule has 4 rings (SSSR count). The van der Waals surface area contributed by atoms with Crippen LogP contribution >= 0.6 is 0 Å². The van der Waals surface area contributed by atoms with Crippen LogP contribution in [-0.2, 0) is 11.8 Å². The summed E-state index contributed by atoms with van der Waals surface area (Å²) >= 11 is 0. The quantitative estimate of drug-likeness (QED) is 0.783. The van der Waals surface area contributed by atoms with Crippen LogP contribution in [0.25, 0.3) is 11.0 Å². The van der Waals surface area contributed by atoms with Crippen molar-refractivity contribution in [3.63, 3.8) is 0 Å². The minimum absolute atomic E-state index is 0.150. The van der Waals surface area contributed by atoms with Gasteiger partial charge in [0.15, 0.2) is 11.4 Å². The van der Waals surface area contributed by atoms with Crippen LogP contribution in [0, 0.1) is 5.82 Å². The number of benzene rings is 1. The number of furan rings is 1. The third-order valence-electron chi connectivity index (χ3n) is 4.32. The summed E-state index contributed by atoms with van der Waals surface area (Å²) in [5, 5.41) is 0.932. The number of nitrogens with zero attached hydrogens (tertiary/aromatic N) is 1. The molecule has 1 N–H and O–H groups in total. The van der Waals surface area contributed by atoms with Crippen LogP contribution in [0.4, 0.5) is 4.39 Å². The van der Waals surface area contributed by atoms with Gasteiger partial charge in [-0.15, -0.1) is 0 Å². The Bertz CT molecular complexity index is 769. The van der Waals surface area contributed by atoms with Gasteiger partial charge in [-0.2, -0.15) is 0 Å². The number of hydrogen-bond donors (Lipinski definition) is 1. The Kier molecular flexibility index (Phi) is 2.31. The first-order valence-electron chi connectivity index (χ1n) is 6.85. The normalized spacial score (nSPS) is 16.7. The fourth-order valence-corrected chi connectivity index (χ4v) is 2.81. The minimum atomic E-state index is -0.293. The molecule has 0 saturated heterocycles. The van der Waals surface area contributed by atoms with E-state index in [2.05, 4.69) is 16.9 Å². The number of nitrogens with one attached hydrogen (secondary N) is 1. The molecule has 0 bridgehead atoms. The lowest BCUT2D eigenvalue weighted by Crippen LogP contribution is -2.01. The van der Waals surface area contributed by atoms with Crippen molar-refractivity contribution in [3.8, 4) is 0 Å². The fourth-order valence-electron chi connectivity index (χ4n) is 2.81. The summed E-state index contributed by atoms with van der Waals surface area (Å²) < 4.78 is 19.5. The Labute approximate surface area is 115 Å². The van der Waals surface area contributed by atoms with Gasteiger partial charge < -0.3 is 9.40 Å². The van der Waals surface area contributed by atoms with E-state index in [4.69, 9.17) is 4.42 Å². The van der Waals surface area contributed by atoms with Crippen LogP contribution in [0.2, 0.25) is 0 Å². The molecule has 0 radical (unpaired) electrons. The highest BCUT2D eigenvalue weighted by atomic mass is 19.1. The van der Waals surface area contributed by atoms with Crippen molar-refractivity contribution in [2.24, 2.45) is 0 Å². The van der Waals surface area contributed by atoms with Crippen molar-refractivity contribution in [2.45, 2.75) is 31.6 Å². The first-order chi connectivity index (χ1) is 9.67. The zero-order valence-corrected chi connectivity index (χ0v) is 11.2. The van der Waals surface area contributed by atoms with Crippen molar-refractivity contribution in [2.75, 3.05) is 0 Å². The van der Waals surface area contributed by atoms with Crippen LogP contribution in [0.3, 0.4) is 0 Å². The zero-order chi connectivity index (χ0) is 13.7. The Morgan fingerprint density at radius 1 is 1.40 bits per heavy atom. The molecule has 2 aromatic heterocycles. The Morgan fingerprint density at radius 3 is 2.95 bits per heavy atom. The molecule has 1 fully saturated rings. The monoisotopic (exact) mass is 270 g/mol. The maximum Gasteiger partial charge on any atom is 0.170 e. The van der Waals surface area contributed by atoms with Crippen LogP contribution in [0.1, 0.15) is 36.7 Å². The topological polar surface area (TPSA) is 41.8 Å². The van der Waals surface area contributed by atoms with E-state index < -0.39 is 0 Å². The van der Waals surface area contributed by atoms with Gasteiger partial charge in [0.05, 0.1) is 6.26 Å². The van der Waals surface area contributed by atoms with Crippen molar-refractivity contribution < 1.29 is 8.81 Å². The van der Waals surface area contributed by atoms with Crippen molar-refractivity contribution in [3.05, 3.63) is 53.6 Å². The van der Waals surface area contributed by atoms with Gasteiger partial charge in [-0.3, -0.25) is 0 Å². The predicted molar refractivity (Wildman–Crippen MR) is 74.2 cm³/mol. The molecule has 0 aliphatic heterocycles. The van der Waals surface area contributed by atoms with E-state index in [1.165, 1.54) is 6.07 Å². The number of H-pyrrole nitrogens is 1. The molecule has 3 aromatic rings. The molecule has 4 heteroatoms. The number of rotatable bonds is 3. The lowest BCUT2D eigenvalue weighted by molar-refractivity contribution is 0.555. The molecule has 0 spiro atoms. The third kappa shape index (κ3) is 1.68. The second-order valence-corrected chi connectivity index (χ2v) is 5.83. The molecule has 0 unspecified atom stereocenters. The zero-order valence-electron chi connectivity index (χ0n) is 11.2. The number of halogens is 1. The summed E-state index contributed by atoms with van der Waals surface area (Å²) in [6.07, 6.45) is 8.19. The number of hydrogen-bond acceptors (Lipinski definition) is 2. The molecule has 0 atom stereocenters. The number of fused-ring (bicyclic) bond motifs is 1. The standard InChI is InChI=1S/C16H15FN2O/c1-16(4-5-16)11-9-20-15-12(17)3-2-10(14(11)15)8-13-18-6-7-19-13/h2-3,6-7,9H,4-5,8H2,1H3,(H,18,19). The lowest BCUT2D eigenvalue weighted by atomic mass is 9.94. The molecule has 2 heterocycles. The van der Waals surface area contributed by atoms with Crippen molar-refractivity contribution in [1.29, 1.82) is 0 Å². The maximum absolute atomic E-state index is 13.9. The number of imidazole rings is 1. The molecule has 1 saturated carbocycles. The molecular formula is C16H15FN2O. The smallest absolute Gasteiger partial charge is 0.170 e. The number of aromatic amines is 1. The minimum Gasteiger partial charge on any atom is -0.461 e. The SMILES string of the molecule is CC1(c2coc3c(F)ccc(Cc4ncc[nH]4)c23)CC1. The summed E-state index contributed by atoms with van der Waals surface area (Å²) in [5.41, 5.74) is 2.72. The molecule has 0 amide bonds. The van der Waals surface area contributed by atoms with Gasteiger partial charge in [0.25, 0.3) is 0 Å². The average molecular weight is 270 g/mol. The van der Waals surface area contributed by atoms with Crippen molar-refractivity contribution >= 4 is 11.0 Å². The van der Waals surface area contributed by atoms with Gasteiger partial charge in [-0.1, -0.05) is 13.0 Å². The third-order valence-corrected chi connectivity index (χ3v) is 4.32. The second kappa shape index (κ2) is 3.95. The molecule has 3 nitrogen and oxygen atoms in total. The van der Waals surface area contributed by atoms with E-state index in [0.717, 1.165) is 35.2 Å². The van der Waals surface area contributed by atoms with Gasteiger partial charge in [-0.05, 0) is 29.9 Å². The van der Waals surface area contributed by atoms with Gasteiger partial charge in [-0.25, -0.2) is 9.37 Å². The molecule has 1 aliphatic carbocycles. The van der Waals surface area contributed by atoms with Crippen LogP contribution in [-0.4, -0.2) is 9.97 Å². The highest BCUT2D eigenvalue weighted by Gasteiger charge is 2.42. The van der Waals surface area contributed by atoms with E-state index in [1.54, 1.807) is 18.7 Å². The molecule has 1 aliphatic rings. The summed E-state index contributed by atoms with van der Waals surface area (Å²) in [5.74, 6) is 0.588. The lowest BCUT2D eigenvalue weighted by Gasteiger charge is -2.09. The van der Waals surface area contributed by atoms with Crippen LogP contribution in [0.15, 0.2) is 35.2 Å². The van der Waals surface area contributed by atoms with E-state index in [0.29, 0.717) is 12.0 Å². The average Bonchev–Trinajstić information content (AvgIpc) is 2.88. The first kappa shape index (κ1) is 11.7. The van der Waals surface area contributed by atoms with E-state index >= 15 is 0 Å². The van der Waals surface area contributed by atoms with E-state index in [9.17, 15) is 4.39 Å².